The molecule has 1 aliphatic heterocycles. The Bertz CT molecular complexity index is 193. The molecule has 1 saturated heterocycles. The monoisotopic (exact) mass is 158 g/mol. The van der Waals surface area contributed by atoms with Crippen molar-refractivity contribution in [2.24, 2.45) is 0 Å². The third-order valence-corrected chi connectivity index (χ3v) is 2.52. The molecule has 0 bridgehead atoms. The minimum Gasteiger partial charge on any atom is -0.293 e. The highest BCUT2D eigenvalue weighted by molar-refractivity contribution is 8.27. The molecule has 48 valence electrons. The predicted molar refractivity (Wildman–Crippen MR) is 43.6 cm³/mol. The van der Waals surface area contributed by atoms with Crippen LogP contribution < -0.4 is 0 Å². The fourth-order valence-electron chi connectivity index (χ4n) is 0.654. The minimum absolute atomic E-state index is 0.174. The second-order valence-corrected chi connectivity index (χ2v) is 3.61. The van der Waals surface area contributed by atoms with Crippen molar-refractivity contribution in [1.82, 2.24) is 0 Å². The number of hydrogen-bond acceptors (Lipinski definition) is 3. The number of thiocarbonyl (C=S) groups is 1. The van der Waals surface area contributed by atoms with Gasteiger partial charge in [0, 0.05) is 0 Å². The largest absolute Gasteiger partial charge is 0.293 e. The van der Waals surface area contributed by atoms with Gasteiger partial charge in [0.25, 0.3) is 0 Å². The molecule has 0 amide bonds. The Balaban J connectivity index is 2.81. The van der Waals surface area contributed by atoms with Crippen LogP contribution in [0.3, 0.4) is 0 Å². The molecular formula is C6H6OS2. The zero-order chi connectivity index (χ0) is 6.85. The van der Waals surface area contributed by atoms with Gasteiger partial charge in [0.15, 0.2) is 5.78 Å². The van der Waals surface area contributed by atoms with E-state index in [2.05, 4.69) is 0 Å². The molecule has 0 atom stereocenters. The quantitative estimate of drug-likeness (QED) is 0.396. The Morgan fingerprint density at radius 1 is 1.78 bits per heavy atom. The van der Waals surface area contributed by atoms with Crippen molar-refractivity contribution in [1.29, 1.82) is 0 Å². The molecule has 1 heterocycles. The first kappa shape index (κ1) is 6.96. The first-order valence-electron chi connectivity index (χ1n) is 2.64. The number of allylic oxidation sites excluding steroid dienone is 2. The number of carbonyl (C=O) groups excluding carboxylic acids is 1. The summed E-state index contributed by atoms with van der Waals surface area (Å²) in [6.07, 6.45) is 2.27. The van der Waals surface area contributed by atoms with Gasteiger partial charge in [-0.15, -0.1) is 0 Å². The Labute approximate surface area is 63.5 Å². The van der Waals surface area contributed by atoms with Gasteiger partial charge in [0.2, 0.25) is 0 Å². The van der Waals surface area contributed by atoms with E-state index in [1.165, 1.54) is 11.8 Å². The molecule has 1 nitrogen and oxygen atoms in total. The molecule has 0 aromatic rings. The van der Waals surface area contributed by atoms with Crippen molar-refractivity contribution in [2.75, 3.05) is 0 Å². The number of carbonyl (C=O) groups is 1. The molecule has 3 heteroatoms. The maximum Gasteiger partial charge on any atom is 0.174 e. The van der Waals surface area contributed by atoms with Crippen LogP contribution in [-0.2, 0) is 4.79 Å². The summed E-state index contributed by atoms with van der Waals surface area (Å²) in [4.78, 5) is 11.6. The lowest BCUT2D eigenvalue weighted by Crippen LogP contribution is -1.89. The Morgan fingerprint density at radius 2 is 2.44 bits per heavy atom. The summed E-state index contributed by atoms with van der Waals surface area (Å²) in [7, 11) is 0. The molecular weight excluding hydrogens is 152 g/mol. The number of rotatable bonds is 0. The van der Waals surface area contributed by atoms with E-state index in [-0.39, 0.29) is 5.78 Å². The molecule has 0 aromatic heterocycles. The van der Waals surface area contributed by atoms with Crippen LogP contribution in [0.25, 0.3) is 0 Å². The van der Waals surface area contributed by atoms with Gasteiger partial charge < -0.3 is 0 Å². The Kier molecular flexibility index (Phi) is 2.03. The number of Topliss-reactive ketones (excluding diaryl/α,β-unsaturated/α-hetero) is 1. The van der Waals surface area contributed by atoms with Crippen molar-refractivity contribution in [3.05, 3.63) is 11.0 Å². The molecule has 9 heavy (non-hydrogen) atoms. The average Bonchev–Trinajstić information content (AvgIpc) is 2.10. The van der Waals surface area contributed by atoms with E-state index in [4.69, 9.17) is 12.2 Å². The molecule has 0 radical (unpaired) electrons. The van der Waals surface area contributed by atoms with E-state index in [0.717, 1.165) is 9.10 Å². The highest BCUT2D eigenvalue weighted by Crippen LogP contribution is 2.29. The van der Waals surface area contributed by atoms with Gasteiger partial charge in [-0.25, -0.2) is 0 Å². The fourth-order valence-corrected chi connectivity index (χ4v) is 1.81. The molecule has 0 spiro atoms. The maximum atomic E-state index is 10.8. The van der Waals surface area contributed by atoms with Gasteiger partial charge in [-0.1, -0.05) is 30.1 Å². The lowest BCUT2D eigenvalue weighted by atomic mass is 10.3. The zero-order valence-corrected chi connectivity index (χ0v) is 6.64. The summed E-state index contributed by atoms with van der Waals surface area (Å²) in [5.74, 6) is 0.174. The highest BCUT2D eigenvalue weighted by atomic mass is 32.2. The smallest absolute Gasteiger partial charge is 0.174 e. The molecule has 0 aliphatic carbocycles. The number of ketones is 1. The van der Waals surface area contributed by atoms with Crippen LogP contribution in [-0.4, -0.2) is 9.98 Å². The lowest BCUT2D eigenvalue weighted by molar-refractivity contribution is -0.113. The van der Waals surface area contributed by atoms with Gasteiger partial charge in [0.05, 0.1) is 15.5 Å². The SMILES string of the molecule is C/C=C1\SC(=S)CC1=O. The van der Waals surface area contributed by atoms with Crippen LogP contribution in [0.2, 0.25) is 0 Å². The van der Waals surface area contributed by atoms with Crippen LogP contribution in [0.4, 0.5) is 0 Å². The van der Waals surface area contributed by atoms with Gasteiger partial charge in [-0.2, -0.15) is 0 Å². The number of thioether (sulfide) groups is 1. The molecule has 1 fully saturated rings. The molecule has 0 unspecified atom stereocenters. The summed E-state index contributed by atoms with van der Waals surface area (Å²) in [5, 5.41) is 0. The number of hydrogen-bond donors (Lipinski definition) is 0. The summed E-state index contributed by atoms with van der Waals surface area (Å²) in [6.45, 7) is 1.86. The first-order chi connectivity index (χ1) is 4.24. The minimum atomic E-state index is 0.174. The maximum absolute atomic E-state index is 10.8. The summed E-state index contributed by atoms with van der Waals surface area (Å²) in [6, 6.07) is 0. The Hall–Kier alpha value is -0.150. The van der Waals surface area contributed by atoms with E-state index < -0.39 is 0 Å². The molecule has 0 aromatic carbocycles. The van der Waals surface area contributed by atoms with Gasteiger partial charge in [-0.05, 0) is 6.92 Å². The lowest BCUT2D eigenvalue weighted by Gasteiger charge is -1.84. The van der Waals surface area contributed by atoms with Gasteiger partial charge in [-0.3, -0.25) is 4.79 Å². The second kappa shape index (κ2) is 2.62. The fraction of sp³-hybridized carbons (Fsp3) is 0.333. The van der Waals surface area contributed by atoms with Crippen LogP contribution in [0.1, 0.15) is 13.3 Å². The van der Waals surface area contributed by atoms with Crippen molar-refractivity contribution in [2.45, 2.75) is 13.3 Å². The van der Waals surface area contributed by atoms with E-state index >= 15 is 0 Å². The molecule has 0 saturated carbocycles. The predicted octanol–water partition coefficient (Wildman–Crippen LogP) is 1.92. The zero-order valence-electron chi connectivity index (χ0n) is 5.01. The van der Waals surface area contributed by atoms with E-state index in [1.807, 2.05) is 13.0 Å². The van der Waals surface area contributed by atoms with Crippen LogP contribution >= 0.6 is 24.0 Å². The van der Waals surface area contributed by atoms with E-state index in [0.29, 0.717) is 6.42 Å². The standard InChI is InChI=1S/C6H6OS2/c1-2-5-4(7)3-6(8)9-5/h2H,3H2,1H3/b5-2-. The molecule has 0 N–H and O–H groups in total. The van der Waals surface area contributed by atoms with Crippen molar-refractivity contribution >= 4 is 34.0 Å². The summed E-state index contributed by atoms with van der Waals surface area (Å²) in [5.41, 5.74) is 0. The summed E-state index contributed by atoms with van der Waals surface area (Å²) < 4.78 is 0.799. The van der Waals surface area contributed by atoms with Crippen molar-refractivity contribution in [3.63, 3.8) is 0 Å². The van der Waals surface area contributed by atoms with E-state index in [9.17, 15) is 4.79 Å². The van der Waals surface area contributed by atoms with Crippen LogP contribution in [0, 0.1) is 0 Å². The highest BCUT2D eigenvalue weighted by Gasteiger charge is 2.21. The third-order valence-electron chi connectivity index (χ3n) is 1.07. The molecule has 1 rings (SSSR count). The van der Waals surface area contributed by atoms with Crippen molar-refractivity contribution < 1.29 is 4.79 Å². The van der Waals surface area contributed by atoms with Crippen LogP contribution in [0.5, 0.6) is 0 Å². The van der Waals surface area contributed by atoms with Gasteiger partial charge >= 0.3 is 0 Å². The topological polar surface area (TPSA) is 17.1 Å². The first-order valence-corrected chi connectivity index (χ1v) is 3.86. The third kappa shape index (κ3) is 1.40. The van der Waals surface area contributed by atoms with E-state index in [1.54, 1.807) is 0 Å². The average molecular weight is 158 g/mol. The van der Waals surface area contributed by atoms with Gasteiger partial charge in [0.1, 0.15) is 0 Å². The van der Waals surface area contributed by atoms with Crippen LogP contribution in [0.15, 0.2) is 11.0 Å². The van der Waals surface area contributed by atoms with Crippen molar-refractivity contribution in [3.8, 4) is 0 Å². The molecule has 1 aliphatic rings. The normalized spacial score (nSPS) is 23.9. The Morgan fingerprint density at radius 3 is 2.67 bits per heavy atom. The summed E-state index contributed by atoms with van der Waals surface area (Å²) >= 11 is 6.26. The second-order valence-electron chi connectivity index (χ2n) is 1.73.